The van der Waals surface area contributed by atoms with Crippen molar-refractivity contribution in [1.82, 2.24) is 5.06 Å². The first kappa shape index (κ1) is 14.9. The van der Waals surface area contributed by atoms with Crippen molar-refractivity contribution in [3.8, 4) is 0 Å². The van der Waals surface area contributed by atoms with E-state index < -0.39 is 24.0 Å². The lowest BCUT2D eigenvalue weighted by molar-refractivity contribution is -0.334. The first-order valence-electron chi connectivity index (χ1n) is 7.15. The van der Waals surface area contributed by atoms with E-state index in [9.17, 15) is 10.2 Å². The van der Waals surface area contributed by atoms with Crippen LogP contribution in [0.15, 0.2) is 30.3 Å². The molecule has 0 radical (unpaired) electrons. The Kier molecular flexibility index (Phi) is 4.26. The van der Waals surface area contributed by atoms with Crippen molar-refractivity contribution >= 4 is 0 Å². The number of nitrogens with zero attached hydrogens (tertiary/aromatic N) is 1. The summed E-state index contributed by atoms with van der Waals surface area (Å²) in [5, 5.41) is 21.5. The van der Waals surface area contributed by atoms with Gasteiger partial charge in [0, 0.05) is 20.1 Å². The molecule has 0 unspecified atom stereocenters. The maximum Gasteiger partial charge on any atom is 0.191 e. The molecule has 21 heavy (non-hydrogen) atoms. The largest absolute Gasteiger partial charge is 0.394 e. The van der Waals surface area contributed by atoms with Crippen molar-refractivity contribution in [3.63, 3.8) is 0 Å². The summed E-state index contributed by atoms with van der Waals surface area (Å²) in [7, 11) is 1.56. The number of hydrogen-bond donors (Lipinski definition) is 2. The molecule has 1 aromatic rings. The minimum atomic E-state index is -0.931. The Morgan fingerprint density at radius 1 is 1.38 bits per heavy atom. The van der Waals surface area contributed by atoms with Crippen LogP contribution < -0.4 is 0 Å². The van der Waals surface area contributed by atoms with Gasteiger partial charge in [-0.15, -0.1) is 0 Å². The predicted octanol–water partition coefficient (Wildman–Crippen LogP) is 0.287. The highest BCUT2D eigenvalue weighted by Gasteiger charge is 2.59. The van der Waals surface area contributed by atoms with Gasteiger partial charge in [0.1, 0.15) is 18.2 Å². The minimum absolute atomic E-state index is 0.248. The normalized spacial score (nSPS) is 36.6. The van der Waals surface area contributed by atoms with E-state index in [-0.39, 0.29) is 6.61 Å². The summed E-state index contributed by atoms with van der Waals surface area (Å²) in [6.07, 6.45) is -0.999. The van der Waals surface area contributed by atoms with Gasteiger partial charge in [-0.3, -0.25) is 4.84 Å². The van der Waals surface area contributed by atoms with Crippen LogP contribution in [0.2, 0.25) is 0 Å². The number of fused-ring (bicyclic) bond motifs is 1. The minimum Gasteiger partial charge on any atom is -0.394 e. The number of rotatable bonds is 4. The Balaban J connectivity index is 1.84. The molecule has 2 N–H and O–H groups in total. The molecule has 6 heteroatoms. The second kappa shape index (κ2) is 6.00. The maximum atomic E-state index is 10.4. The molecule has 2 heterocycles. The van der Waals surface area contributed by atoms with Gasteiger partial charge in [-0.25, -0.2) is 0 Å². The Hall–Kier alpha value is -1.02. The zero-order chi connectivity index (χ0) is 14.9. The lowest BCUT2D eigenvalue weighted by atomic mass is 9.97. The van der Waals surface area contributed by atoms with Gasteiger partial charge in [-0.05, 0) is 5.56 Å². The van der Waals surface area contributed by atoms with Gasteiger partial charge in [-0.2, -0.15) is 5.06 Å². The number of ether oxygens (including phenoxy) is 2. The topological polar surface area (TPSA) is 71.4 Å². The van der Waals surface area contributed by atoms with E-state index in [1.54, 1.807) is 12.2 Å². The molecular formula is C15H21NO5. The van der Waals surface area contributed by atoms with Crippen molar-refractivity contribution in [2.45, 2.75) is 37.0 Å². The van der Waals surface area contributed by atoms with Gasteiger partial charge in [-0.1, -0.05) is 30.3 Å². The number of hydroxylamine groups is 2. The van der Waals surface area contributed by atoms with Crippen LogP contribution in [0.25, 0.3) is 0 Å². The van der Waals surface area contributed by atoms with E-state index in [1.807, 2.05) is 30.3 Å². The summed E-state index contributed by atoms with van der Waals surface area (Å²) in [5.74, 6) is -0.931. The van der Waals surface area contributed by atoms with E-state index >= 15 is 0 Å². The molecule has 2 saturated heterocycles. The summed E-state index contributed by atoms with van der Waals surface area (Å²) >= 11 is 0. The molecule has 0 spiro atoms. The highest BCUT2D eigenvalue weighted by Crippen LogP contribution is 2.41. The quantitative estimate of drug-likeness (QED) is 0.832. The zero-order valence-electron chi connectivity index (χ0n) is 12.0. The van der Waals surface area contributed by atoms with E-state index in [2.05, 4.69) is 0 Å². The smallest absolute Gasteiger partial charge is 0.191 e. The summed E-state index contributed by atoms with van der Waals surface area (Å²) in [6, 6.07) is 9.40. The Labute approximate surface area is 123 Å². The molecule has 2 fully saturated rings. The number of methoxy groups -OCH3 is 1. The number of benzene rings is 1. The Morgan fingerprint density at radius 2 is 2.14 bits per heavy atom. The van der Waals surface area contributed by atoms with Crippen LogP contribution in [0.1, 0.15) is 12.0 Å². The predicted molar refractivity (Wildman–Crippen MR) is 74.0 cm³/mol. The summed E-state index contributed by atoms with van der Waals surface area (Å²) < 4.78 is 11.3. The van der Waals surface area contributed by atoms with Gasteiger partial charge >= 0.3 is 0 Å². The van der Waals surface area contributed by atoms with Gasteiger partial charge in [0.05, 0.1) is 13.2 Å². The zero-order valence-corrected chi connectivity index (χ0v) is 12.0. The molecule has 1 aromatic carbocycles. The van der Waals surface area contributed by atoms with Gasteiger partial charge in [0.25, 0.3) is 0 Å². The third-order valence-corrected chi connectivity index (χ3v) is 4.23. The average Bonchev–Trinajstić information content (AvgIpc) is 2.82. The second-order valence-corrected chi connectivity index (χ2v) is 5.43. The van der Waals surface area contributed by atoms with Gasteiger partial charge in [0.2, 0.25) is 0 Å². The third kappa shape index (κ3) is 2.59. The SMILES string of the molecule is CO[C@@]12CCON(Cc3ccccc3)[C@@H]1[C@@H](O)[C@H](CO)O2. The molecule has 0 aliphatic carbocycles. The van der Waals surface area contributed by atoms with Gasteiger partial charge < -0.3 is 19.7 Å². The van der Waals surface area contributed by atoms with Crippen LogP contribution in [0.5, 0.6) is 0 Å². The molecule has 0 amide bonds. The molecule has 2 aliphatic heterocycles. The van der Waals surface area contributed by atoms with Crippen molar-refractivity contribution in [2.24, 2.45) is 0 Å². The average molecular weight is 295 g/mol. The van der Waals surface area contributed by atoms with E-state index in [4.69, 9.17) is 14.3 Å². The van der Waals surface area contributed by atoms with Crippen molar-refractivity contribution in [3.05, 3.63) is 35.9 Å². The Morgan fingerprint density at radius 3 is 2.81 bits per heavy atom. The highest BCUT2D eigenvalue weighted by atomic mass is 16.7. The summed E-state index contributed by atoms with van der Waals surface area (Å²) in [6.45, 7) is 0.721. The van der Waals surface area contributed by atoms with E-state index in [1.165, 1.54) is 0 Å². The van der Waals surface area contributed by atoms with Gasteiger partial charge in [0.15, 0.2) is 5.79 Å². The Bertz CT molecular complexity index is 470. The number of aliphatic hydroxyl groups excluding tert-OH is 2. The van der Waals surface area contributed by atoms with Crippen LogP contribution in [-0.4, -0.2) is 59.6 Å². The standard InChI is InChI=1S/C15H21NO5/c1-19-15-7-8-20-16(9-11-5-3-2-4-6-11)14(15)13(18)12(10-17)21-15/h2-6,12-14,17-18H,7-10H2,1H3/t12-,13-,14+,15+/m0/s1. The fraction of sp³-hybridized carbons (Fsp3) is 0.600. The lowest BCUT2D eigenvalue weighted by Gasteiger charge is -2.43. The fourth-order valence-corrected chi connectivity index (χ4v) is 3.16. The summed E-state index contributed by atoms with van der Waals surface area (Å²) in [5.41, 5.74) is 1.07. The molecule has 0 aromatic heterocycles. The maximum absolute atomic E-state index is 10.4. The van der Waals surface area contributed by atoms with Crippen LogP contribution in [0.3, 0.4) is 0 Å². The van der Waals surface area contributed by atoms with Crippen molar-refractivity contribution in [2.75, 3.05) is 20.3 Å². The van der Waals surface area contributed by atoms with Crippen LogP contribution in [0.4, 0.5) is 0 Å². The highest BCUT2D eigenvalue weighted by molar-refractivity contribution is 5.15. The van der Waals surface area contributed by atoms with Crippen LogP contribution in [0, 0.1) is 0 Å². The van der Waals surface area contributed by atoms with Crippen molar-refractivity contribution in [1.29, 1.82) is 0 Å². The number of aliphatic hydroxyl groups is 2. The monoisotopic (exact) mass is 295 g/mol. The molecule has 0 bridgehead atoms. The molecule has 4 atom stereocenters. The third-order valence-electron chi connectivity index (χ3n) is 4.23. The van der Waals surface area contributed by atoms with E-state index in [0.717, 1.165) is 5.56 Å². The van der Waals surface area contributed by atoms with Crippen LogP contribution in [-0.2, 0) is 20.9 Å². The number of hydrogen-bond acceptors (Lipinski definition) is 6. The molecule has 0 saturated carbocycles. The molecular weight excluding hydrogens is 274 g/mol. The summed E-state index contributed by atoms with van der Waals surface area (Å²) in [4.78, 5) is 5.72. The van der Waals surface area contributed by atoms with Crippen molar-refractivity contribution < 1.29 is 24.5 Å². The molecule has 2 aliphatic rings. The molecule has 3 rings (SSSR count). The first-order chi connectivity index (χ1) is 10.2. The second-order valence-electron chi connectivity index (χ2n) is 5.43. The first-order valence-corrected chi connectivity index (χ1v) is 7.15. The molecule has 116 valence electrons. The molecule has 6 nitrogen and oxygen atoms in total. The fourth-order valence-electron chi connectivity index (χ4n) is 3.16. The lowest BCUT2D eigenvalue weighted by Crippen LogP contribution is -2.59. The van der Waals surface area contributed by atoms with E-state index in [0.29, 0.717) is 19.6 Å². The van der Waals surface area contributed by atoms with Crippen LogP contribution >= 0.6 is 0 Å².